The van der Waals surface area contributed by atoms with Crippen LogP contribution in [0.1, 0.15) is 5.56 Å². The number of benzene rings is 1. The molecular formula is C13H18N3O5+. The van der Waals surface area contributed by atoms with E-state index in [1.54, 1.807) is 0 Å². The SMILES string of the molecule is O=C(C[NH+]1CCOCC1)NCc1cc([N+](=O)[O-])ccc1O. The first-order valence-electron chi connectivity index (χ1n) is 6.70. The van der Waals surface area contributed by atoms with Crippen LogP contribution in [0.25, 0.3) is 0 Å². The van der Waals surface area contributed by atoms with E-state index >= 15 is 0 Å². The highest BCUT2D eigenvalue weighted by atomic mass is 16.6. The minimum absolute atomic E-state index is 0.0656. The number of carbonyl (C=O) groups is 1. The molecule has 1 aliphatic heterocycles. The van der Waals surface area contributed by atoms with Crippen LogP contribution in [0, 0.1) is 10.1 Å². The standard InChI is InChI=1S/C13H17N3O5/c17-12-2-1-11(16(19)20)7-10(12)8-14-13(18)9-15-3-5-21-6-4-15/h1-2,7,17H,3-6,8-9H2,(H,14,18)/p+1. The topological polar surface area (TPSA) is 106 Å². The molecule has 1 fully saturated rings. The molecule has 1 aromatic rings. The number of rotatable bonds is 5. The maximum Gasteiger partial charge on any atom is 0.275 e. The average Bonchev–Trinajstić information content (AvgIpc) is 2.47. The molecule has 0 atom stereocenters. The molecule has 0 saturated carbocycles. The number of phenols is 1. The van der Waals surface area contributed by atoms with Gasteiger partial charge in [-0.3, -0.25) is 14.9 Å². The van der Waals surface area contributed by atoms with Gasteiger partial charge in [0, 0.05) is 24.2 Å². The summed E-state index contributed by atoms with van der Waals surface area (Å²) >= 11 is 0. The van der Waals surface area contributed by atoms with Gasteiger partial charge in [0.15, 0.2) is 6.54 Å². The van der Waals surface area contributed by atoms with Crippen molar-refractivity contribution < 1.29 is 24.5 Å². The molecule has 0 unspecified atom stereocenters. The Labute approximate surface area is 121 Å². The molecule has 1 heterocycles. The number of quaternary nitrogens is 1. The van der Waals surface area contributed by atoms with Crippen LogP contribution in [-0.4, -0.2) is 48.8 Å². The Morgan fingerprint density at radius 2 is 2.14 bits per heavy atom. The van der Waals surface area contributed by atoms with Crippen molar-refractivity contribution in [3.05, 3.63) is 33.9 Å². The third-order valence-corrected chi connectivity index (χ3v) is 3.36. The maximum atomic E-state index is 11.8. The number of nitrogens with one attached hydrogen (secondary N) is 2. The van der Waals surface area contributed by atoms with Crippen molar-refractivity contribution in [2.75, 3.05) is 32.8 Å². The van der Waals surface area contributed by atoms with E-state index in [2.05, 4.69) is 5.32 Å². The lowest BCUT2D eigenvalue weighted by atomic mass is 10.1. The molecule has 8 heteroatoms. The average molecular weight is 296 g/mol. The smallest absolute Gasteiger partial charge is 0.275 e. The molecule has 0 aromatic heterocycles. The fourth-order valence-corrected chi connectivity index (χ4v) is 2.15. The number of morpholine rings is 1. The summed E-state index contributed by atoms with van der Waals surface area (Å²) in [5.41, 5.74) is 0.213. The van der Waals surface area contributed by atoms with Gasteiger partial charge in [-0.15, -0.1) is 0 Å². The summed E-state index contributed by atoms with van der Waals surface area (Å²) in [6.45, 7) is 3.27. The Morgan fingerprint density at radius 3 is 2.81 bits per heavy atom. The van der Waals surface area contributed by atoms with E-state index in [-0.39, 0.29) is 23.9 Å². The van der Waals surface area contributed by atoms with E-state index in [1.165, 1.54) is 18.2 Å². The lowest BCUT2D eigenvalue weighted by molar-refractivity contribution is -0.900. The highest BCUT2D eigenvalue weighted by Gasteiger charge is 2.18. The molecule has 1 amide bonds. The van der Waals surface area contributed by atoms with Gasteiger partial charge < -0.3 is 20.1 Å². The molecule has 1 saturated heterocycles. The lowest BCUT2D eigenvalue weighted by Crippen LogP contribution is -3.15. The number of hydrogen-bond acceptors (Lipinski definition) is 5. The normalized spacial score (nSPS) is 15.6. The van der Waals surface area contributed by atoms with Crippen LogP contribution < -0.4 is 10.2 Å². The zero-order valence-corrected chi connectivity index (χ0v) is 11.5. The van der Waals surface area contributed by atoms with E-state index in [1.807, 2.05) is 0 Å². The maximum absolute atomic E-state index is 11.8. The first-order valence-corrected chi connectivity index (χ1v) is 6.70. The summed E-state index contributed by atoms with van der Waals surface area (Å²) in [5.74, 6) is -0.225. The molecule has 0 spiro atoms. The number of nitrogens with zero attached hydrogens (tertiary/aromatic N) is 1. The van der Waals surface area contributed by atoms with Gasteiger partial charge in [0.1, 0.15) is 18.8 Å². The number of nitro benzene ring substituents is 1. The zero-order chi connectivity index (χ0) is 15.2. The molecule has 0 radical (unpaired) electrons. The molecule has 0 aliphatic carbocycles. The number of ether oxygens (including phenoxy) is 1. The predicted molar refractivity (Wildman–Crippen MR) is 73.0 cm³/mol. The second-order valence-electron chi connectivity index (χ2n) is 4.89. The Bertz CT molecular complexity index is 529. The molecule has 114 valence electrons. The summed E-state index contributed by atoms with van der Waals surface area (Å²) in [4.78, 5) is 23.1. The molecule has 1 aliphatic rings. The minimum atomic E-state index is -0.539. The van der Waals surface area contributed by atoms with Crippen molar-refractivity contribution in [2.24, 2.45) is 0 Å². The molecule has 21 heavy (non-hydrogen) atoms. The van der Waals surface area contributed by atoms with E-state index in [0.29, 0.717) is 25.3 Å². The van der Waals surface area contributed by atoms with Crippen LogP contribution in [0.4, 0.5) is 5.69 Å². The van der Waals surface area contributed by atoms with Crippen molar-refractivity contribution in [3.8, 4) is 5.75 Å². The fourth-order valence-electron chi connectivity index (χ4n) is 2.15. The highest BCUT2D eigenvalue weighted by Crippen LogP contribution is 2.22. The summed E-state index contributed by atoms with van der Waals surface area (Å²) in [7, 11) is 0. The van der Waals surface area contributed by atoms with Gasteiger partial charge in [0.25, 0.3) is 11.6 Å². The largest absolute Gasteiger partial charge is 0.508 e. The first kappa shape index (κ1) is 15.2. The molecule has 0 bridgehead atoms. The van der Waals surface area contributed by atoms with Crippen molar-refractivity contribution in [1.29, 1.82) is 0 Å². The van der Waals surface area contributed by atoms with E-state index < -0.39 is 4.92 Å². The number of hydrogen-bond donors (Lipinski definition) is 3. The summed E-state index contributed by atoms with van der Waals surface area (Å²) in [6, 6.07) is 3.74. The van der Waals surface area contributed by atoms with Gasteiger partial charge in [0.05, 0.1) is 18.1 Å². The molecule has 8 nitrogen and oxygen atoms in total. The van der Waals surface area contributed by atoms with Crippen LogP contribution in [0.3, 0.4) is 0 Å². The van der Waals surface area contributed by atoms with E-state index in [9.17, 15) is 20.0 Å². The minimum Gasteiger partial charge on any atom is -0.508 e. The second-order valence-corrected chi connectivity index (χ2v) is 4.89. The third kappa shape index (κ3) is 4.40. The zero-order valence-electron chi connectivity index (χ0n) is 11.5. The quantitative estimate of drug-likeness (QED) is 0.469. The second kappa shape index (κ2) is 7.00. The number of amides is 1. The van der Waals surface area contributed by atoms with Crippen LogP contribution in [0.2, 0.25) is 0 Å². The van der Waals surface area contributed by atoms with E-state index in [4.69, 9.17) is 4.74 Å². The summed E-state index contributed by atoms with van der Waals surface area (Å²) < 4.78 is 5.21. The van der Waals surface area contributed by atoms with E-state index in [0.717, 1.165) is 18.0 Å². The van der Waals surface area contributed by atoms with Crippen LogP contribution in [0.5, 0.6) is 5.75 Å². The van der Waals surface area contributed by atoms with Gasteiger partial charge in [0.2, 0.25) is 0 Å². The monoisotopic (exact) mass is 296 g/mol. The van der Waals surface area contributed by atoms with Crippen molar-refractivity contribution in [1.82, 2.24) is 5.32 Å². The van der Waals surface area contributed by atoms with Crippen molar-refractivity contribution in [3.63, 3.8) is 0 Å². The number of aromatic hydroxyl groups is 1. The van der Waals surface area contributed by atoms with Crippen LogP contribution in [0.15, 0.2) is 18.2 Å². The van der Waals surface area contributed by atoms with Gasteiger partial charge in [-0.2, -0.15) is 0 Å². The summed E-state index contributed by atoms with van der Waals surface area (Å²) in [6.07, 6.45) is 0. The van der Waals surface area contributed by atoms with Gasteiger partial charge in [-0.25, -0.2) is 0 Å². The Hall–Kier alpha value is -2.19. The van der Waals surface area contributed by atoms with Crippen LogP contribution >= 0.6 is 0 Å². The first-order chi connectivity index (χ1) is 10.1. The Balaban J connectivity index is 1.88. The van der Waals surface area contributed by atoms with Crippen molar-refractivity contribution >= 4 is 11.6 Å². The Kier molecular flexibility index (Phi) is 5.07. The number of non-ortho nitro benzene ring substituents is 1. The molecule has 2 rings (SSSR count). The molecule has 3 N–H and O–H groups in total. The van der Waals surface area contributed by atoms with Gasteiger partial charge in [-0.05, 0) is 6.07 Å². The molecular weight excluding hydrogens is 278 g/mol. The van der Waals surface area contributed by atoms with Crippen LogP contribution in [-0.2, 0) is 16.1 Å². The lowest BCUT2D eigenvalue weighted by Gasteiger charge is -2.23. The third-order valence-electron chi connectivity index (χ3n) is 3.36. The fraction of sp³-hybridized carbons (Fsp3) is 0.462. The number of carbonyl (C=O) groups excluding carboxylic acids is 1. The Morgan fingerprint density at radius 1 is 1.43 bits per heavy atom. The predicted octanol–water partition coefficient (Wildman–Crippen LogP) is -1.17. The summed E-state index contributed by atoms with van der Waals surface area (Å²) in [5, 5.41) is 23.0. The number of nitro groups is 1. The van der Waals surface area contributed by atoms with Gasteiger partial charge >= 0.3 is 0 Å². The van der Waals surface area contributed by atoms with Crippen molar-refractivity contribution in [2.45, 2.75) is 6.54 Å². The number of phenolic OH excluding ortho intramolecular Hbond substituents is 1. The van der Waals surface area contributed by atoms with Gasteiger partial charge in [-0.1, -0.05) is 0 Å². The molecule has 1 aromatic carbocycles. The highest BCUT2D eigenvalue weighted by molar-refractivity contribution is 5.76.